The molecule has 1 unspecified atom stereocenters. The van der Waals surface area contributed by atoms with Crippen molar-refractivity contribution in [1.82, 2.24) is 9.97 Å². The van der Waals surface area contributed by atoms with Crippen LogP contribution >= 0.6 is 11.6 Å². The Kier molecular flexibility index (Phi) is 5.27. The van der Waals surface area contributed by atoms with Crippen molar-refractivity contribution >= 4 is 22.6 Å². The molecule has 1 atom stereocenters. The molecule has 5 heteroatoms. The van der Waals surface area contributed by atoms with Crippen LogP contribution in [0.2, 0.25) is 5.02 Å². The van der Waals surface area contributed by atoms with Gasteiger partial charge in [-0.15, -0.1) is 0 Å². The van der Waals surface area contributed by atoms with Crippen LogP contribution in [0.25, 0.3) is 33.3 Å². The van der Waals surface area contributed by atoms with Gasteiger partial charge in [0.05, 0.1) is 0 Å². The summed E-state index contributed by atoms with van der Waals surface area (Å²) in [7, 11) is 0. The average molecular weight is 440 g/mol. The minimum absolute atomic E-state index is 0.0590. The first-order chi connectivity index (χ1) is 15.6. The molecule has 0 saturated carbocycles. The second-order valence-corrected chi connectivity index (χ2v) is 8.24. The largest absolute Gasteiger partial charge is 0.379 e. The molecule has 0 aliphatic rings. The molecule has 0 saturated heterocycles. The fourth-order valence-corrected chi connectivity index (χ4v) is 4.32. The van der Waals surface area contributed by atoms with E-state index >= 15 is 0 Å². The zero-order chi connectivity index (χ0) is 22.1. The van der Waals surface area contributed by atoms with Crippen LogP contribution in [0, 0.1) is 0 Å². The lowest BCUT2D eigenvalue weighted by Crippen LogP contribution is -2.36. The highest BCUT2D eigenvalue weighted by atomic mass is 35.5. The van der Waals surface area contributed by atoms with Crippen LogP contribution in [0.1, 0.15) is 11.1 Å². The maximum absolute atomic E-state index is 11.4. The van der Waals surface area contributed by atoms with Gasteiger partial charge in [0.2, 0.25) is 0 Å². The van der Waals surface area contributed by atoms with Gasteiger partial charge in [-0.05, 0) is 46.0 Å². The summed E-state index contributed by atoms with van der Waals surface area (Å²) in [4.78, 5) is 7.80. The molecular weight excluding hydrogens is 418 g/mol. The van der Waals surface area contributed by atoms with Crippen molar-refractivity contribution in [1.29, 1.82) is 0 Å². The molecule has 0 aliphatic carbocycles. The van der Waals surface area contributed by atoms with Crippen LogP contribution in [0.15, 0.2) is 97.3 Å². The molecule has 0 aliphatic heterocycles. The molecule has 158 valence electrons. The van der Waals surface area contributed by atoms with Crippen LogP contribution in [-0.4, -0.2) is 21.6 Å². The fourth-order valence-electron chi connectivity index (χ4n) is 4.20. The third kappa shape index (κ3) is 3.49. The summed E-state index contributed by atoms with van der Waals surface area (Å²) < 4.78 is 0. The quantitative estimate of drug-likeness (QED) is 0.326. The highest BCUT2D eigenvalue weighted by molar-refractivity contribution is 6.30. The number of H-pyrrole nitrogens is 1. The number of benzene rings is 3. The van der Waals surface area contributed by atoms with Crippen LogP contribution in [0.3, 0.4) is 0 Å². The van der Waals surface area contributed by atoms with Crippen LogP contribution in [0.5, 0.6) is 0 Å². The Morgan fingerprint density at radius 3 is 2.09 bits per heavy atom. The first kappa shape index (κ1) is 20.5. The minimum atomic E-state index is -1.29. The van der Waals surface area contributed by atoms with Crippen molar-refractivity contribution in [2.75, 3.05) is 6.54 Å². The molecule has 0 radical (unpaired) electrons. The maximum Gasteiger partial charge on any atom is 0.138 e. The fraction of sp³-hybridized carbons (Fsp3) is 0.0741. The van der Waals surface area contributed by atoms with E-state index in [4.69, 9.17) is 17.3 Å². The zero-order valence-electron chi connectivity index (χ0n) is 17.3. The van der Waals surface area contributed by atoms with E-state index in [0.717, 1.165) is 38.9 Å². The molecular formula is C27H22ClN3O. The molecule has 4 N–H and O–H groups in total. The summed E-state index contributed by atoms with van der Waals surface area (Å²) in [6.45, 7) is 0.0590. The molecule has 5 rings (SSSR count). The second kappa shape index (κ2) is 8.24. The number of nitrogens with zero attached hydrogens (tertiary/aromatic N) is 1. The SMILES string of the molecule is NCC(O)(c1ccc(Cl)cc1)c1ccc(-c2ccnc3[nH]cc(-c4ccccc4)c23)cc1. The Balaban J connectivity index is 1.59. The molecule has 32 heavy (non-hydrogen) atoms. The number of rotatable bonds is 5. The van der Waals surface area contributed by atoms with E-state index in [-0.39, 0.29) is 6.54 Å². The van der Waals surface area contributed by atoms with Gasteiger partial charge in [0, 0.05) is 34.9 Å². The molecule has 0 fully saturated rings. The number of aromatic amines is 1. The first-order valence-electron chi connectivity index (χ1n) is 10.4. The van der Waals surface area contributed by atoms with E-state index in [0.29, 0.717) is 10.6 Å². The van der Waals surface area contributed by atoms with Gasteiger partial charge in [0.25, 0.3) is 0 Å². The molecule has 0 amide bonds. The zero-order valence-corrected chi connectivity index (χ0v) is 18.1. The van der Waals surface area contributed by atoms with Crippen molar-refractivity contribution < 1.29 is 5.11 Å². The molecule has 4 nitrogen and oxygen atoms in total. The average Bonchev–Trinajstić information content (AvgIpc) is 3.29. The lowest BCUT2D eigenvalue weighted by Gasteiger charge is -2.28. The van der Waals surface area contributed by atoms with E-state index in [1.165, 1.54) is 0 Å². The number of nitrogens with two attached hydrogens (primary N) is 1. The normalized spacial score (nSPS) is 13.2. The number of halogens is 1. The number of aliphatic hydroxyl groups is 1. The molecule has 2 aromatic heterocycles. The number of nitrogens with one attached hydrogen (secondary N) is 1. The summed E-state index contributed by atoms with van der Waals surface area (Å²) in [5.41, 5.74) is 11.3. The third-order valence-corrected chi connectivity index (χ3v) is 6.20. The van der Waals surface area contributed by atoms with Gasteiger partial charge in [0.15, 0.2) is 0 Å². The molecule has 5 aromatic rings. The highest BCUT2D eigenvalue weighted by Crippen LogP contribution is 2.37. The summed E-state index contributed by atoms with van der Waals surface area (Å²) in [5.74, 6) is 0. The first-order valence-corrected chi connectivity index (χ1v) is 10.8. The van der Waals surface area contributed by atoms with Crippen molar-refractivity contribution in [3.8, 4) is 22.3 Å². The Hall–Kier alpha value is -3.44. The Bertz CT molecular complexity index is 1360. The molecule has 0 spiro atoms. The van der Waals surface area contributed by atoms with E-state index in [9.17, 15) is 5.11 Å². The Morgan fingerprint density at radius 1 is 0.812 bits per heavy atom. The minimum Gasteiger partial charge on any atom is -0.379 e. The molecule has 3 aromatic carbocycles. The standard InChI is InChI=1S/C27H22ClN3O/c28-22-12-10-21(11-13-22)27(32,17-29)20-8-6-19(7-9-20)23-14-15-30-26-25(23)24(16-31-26)18-4-2-1-3-5-18/h1-16,32H,17,29H2,(H,30,31). The van der Waals surface area contributed by atoms with Crippen molar-refractivity contribution in [2.45, 2.75) is 5.60 Å². The number of pyridine rings is 1. The summed E-state index contributed by atoms with van der Waals surface area (Å²) in [6, 6.07) is 27.3. The number of hydrogen-bond acceptors (Lipinski definition) is 3. The molecule has 2 heterocycles. The predicted molar refractivity (Wildman–Crippen MR) is 130 cm³/mol. The monoisotopic (exact) mass is 439 g/mol. The van der Waals surface area contributed by atoms with Crippen molar-refractivity contribution in [3.05, 3.63) is 113 Å². The van der Waals surface area contributed by atoms with Crippen molar-refractivity contribution in [3.63, 3.8) is 0 Å². The molecule has 0 bridgehead atoms. The number of fused-ring (bicyclic) bond motifs is 1. The predicted octanol–water partition coefficient (Wildman–Crippen LogP) is 5.74. The van der Waals surface area contributed by atoms with Gasteiger partial charge in [0.1, 0.15) is 11.2 Å². The Labute approximate surface area is 191 Å². The summed E-state index contributed by atoms with van der Waals surface area (Å²) in [5, 5.41) is 13.0. The lowest BCUT2D eigenvalue weighted by molar-refractivity contribution is 0.0902. The van der Waals surface area contributed by atoms with Crippen LogP contribution in [0.4, 0.5) is 0 Å². The Morgan fingerprint density at radius 2 is 1.44 bits per heavy atom. The van der Waals surface area contributed by atoms with Gasteiger partial charge in [-0.1, -0.05) is 78.3 Å². The summed E-state index contributed by atoms with van der Waals surface area (Å²) in [6.07, 6.45) is 3.80. The number of aromatic nitrogens is 2. The van der Waals surface area contributed by atoms with E-state index in [1.54, 1.807) is 30.5 Å². The van der Waals surface area contributed by atoms with Gasteiger partial charge in [-0.25, -0.2) is 4.98 Å². The van der Waals surface area contributed by atoms with E-state index < -0.39 is 5.60 Å². The van der Waals surface area contributed by atoms with Gasteiger partial charge < -0.3 is 15.8 Å². The second-order valence-electron chi connectivity index (χ2n) is 7.80. The third-order valence-electron chi connectivity index (χ3n) is 5.95. The lowest BCUT2D eigenvalue weighted by atomic mass is 9.85. The number of hydrogen-bond donors (Lipinski definition) is 3. The van der Waals surface area contributed by atoms with E-state index in [2.05, 4.69) is 22.1 Å². The highest BCUT2D eigenvalue weighted by Gasteiger charge is 2.30. The van der Waals surface area contributed by atoms with Crippen LogP contribution < -0.4 is 5.73 Å². The smallest absolute Gasteiger partial charge is 0.138 e. The van der Waals surface area contributed by atoms with Gasteiger partial charge in [-0.3, -0.25) is 0 Å². The van der Waals surface area contributed by atoms with E-state index in [1.807, 2.05) is 54.7 Å². The topological polar surface area (TPSA) is 74.9 Å². The van der Waals surface area contributed by atoms with Crippen molar-refractivity contribution in [2.24, 2.45) is 5.73 Å². The van der Waals surface area contributed by atoms with Gasteiger partial charge in [-0.2, -0.15) is 0 Å². The summed E-state index contributed by atoms with van der Waals surface area (Å²) >= 11 is 6.01. The maximum atomic E-state index is 11.4. The van der Waals surface area contributed by atoms with Crippen LogP contribution in [-0.2, 0) is 5.60 Å². The van der Waals surface area contributed by atoms with Gasteiger partial charge >= 0.3 is 0 Å².